The van der Waals surface area contributed by atoms with E-state index in [1.165, 1.54) is 0 Å². The Morgan fingerprint density at radius 1 is 1.39 bits per heavy atom. The molecule has 0 aliphatic heterocycles. The standard InChI is InChI=1S/C14H22N2O2/c1-4-16(3)14(18)11(2)15-10-13(17)12-8-6-5-7-9-12/h5-9,11,13,15,17H,4,10H2,1-3H3. The molecule has 2 N–H and O–H groups in total. The van der Waals surface area contributed by atoms with Crippen molar-refractivity contribution in [2.75, 3.05) is 20.1 Å². The largest absolute Gasteiger partial charge is 0.387 e. The molecular weight excluding hydrogens is 228 g/mol. The predicted octanol–water partition coefficient (Wildman–Crippen LogP) is 1.18. The second-order valence-corrected chi connectivity index (χ2v) is 4.41. The van der Waals surface area contributed by atoms with Crippen molar-refractivity contribution in [3.63, 3.8) is 0 Å². The molecule has 0 spiro atoms. The number of hydrogen-bond donors (Lipinski definition) is 2. The third kappa shape index (κ3) is 4.13. The zero-order chi connectivity index (χ0) is 13.5. The molecule has 18 heavy (non-hydrogen) atoms. The lowest BCUT2D eigenvalue weighted by Gasteiger charge is -2.22. The van der Waals surface area contributed by atoms with Gasteiger partial charge in [0.05, 0.1) is 12.1 Å². The molecule has 0 heterocycles. The van der Waals surface area contributed by atoms with Gasteiger partial charge in [-0.2, -0.15) is 0 Å². The maximum atomic E-state index is 11.8. The average Bonchev–Trinajstić information content (AvgIpc) is 2.43. The van der Waals surface area contributed by atoms with E-state index in [4.69, 9.17) is 0 Å². The number of carbonyl (C=O) groups excluding carboxylic acids is 1. The SMILES string of the molecule is CCN(C)C(=O)C(C)NCC(O)c1ccccc1. The van der Waals surface area contributed by atoms with Gasteiger partial charge in [-0.3, -0.25) is 4.79 Å². The lowest BCUT2D eigenvalue weighted by Crippen LogP contribution is -2.44. The van der Waals surface area contributed by atoms with Crippen LogP contribution < -0.4 is 5.32 Å². The van der Waals surface area contributed by atoms with E-state index >= 15 is 0 Å². The van der Waals surface area contributed by atoms with Crippen LogP contribution in [0.5, 0.6) is 0 Å². The van der Waals surface area contributed by atoms with Crippen LogP contribution in [0.25, 0.3) is 0 Å². The van der Waals surface area contributed by atoms with Crippen molar-refractivity contribution in [3.8, 4) is 0 Å². The molecule has 1 aromatic carbocycles. The minimum Gasteiger partial charge on any atom is -0.387 e. The van der Waals surface area contributed by atoms with Crippen molar-refractivity contribution in [3.05, 3.63) is 35.9 Å². The fraction of sp³-hybridized carbons (Fsp3) is 0.500. The van der Waals surface area contributed by atoms with Gasteiger partial charge in [0.15, 0.2) is 0 Å². The Balaban J connectivity index is 2.43. The molecule has 1 aromatic rings. The van der Waals surface area contributed by atoms with Gasteiger partial charge in [0, 0.05) is 20.1 Å². The highest BCUT2D eigenvalue weighted by Gasteiger charge is 2.17. The van der Waals surface area contributed by atoms with Gasteiger partial charge in [0.1, 0.15) is 0 Å². The predicted molar refractivity (Wildman–Crippen MR) is 72.2 cm³/mol. The zero-order valence-electron chi connectivity index (χ0n) is 11.3. The molecule has 0 fully saturated rings. The van der Waals surface area contributed by atoms with E-state index in [1.807, 2.05) is 44.2 Å². The van der Waals surface area contributed by atoms with Gasteiger partial charge >= 0.3 is 0 Å². The highest BCUT2D eigenvalue weighted by atomic mass is 16.3. The number of aliphatic hydroxyl groups is 1. The molecule has 0 saturated carbocycles. The number of nitrogens with zero attached hydrogens (tertiary/aromatic N) is 1. The molecule has 2 atom stereocenters. The van der Waals surface area contributed by atoms with Crippen molar-refractivity contribution in [1.82, 2.24) is 10.2 Å². The third-order valence-corrected chi connectivity index (χ3v) is 3.02. The Labute approximate surface area is 109 Å². The zero-order valence-corrected chi connectivity index (χ0v) is 11.3. The number of carbonyl (C=O) groups is 1. The molecule has 2 unspecified atom stereocenters. The van der Waals surface area contributed by atoms with Crippen LogP contribution >= 0.6 is 0 Å². The second-order valence-electron chi connectivity index (χ2n) is 4.41. The number of likely N-dealkylation sites (N-methyl/N-ethyl adjacent to an activating group) is 1. The first-order valence-corrected chi connectivity index (χ1v) is 6.27. The lowest BCUT2D eigenvalue weighted by atomic mass is 10.1. The maximum absolute atomic E-state index is 11.8. The summed E-state index contributed by atoms with van der Waals surface area (Å²) in [5, 5.41) is 13.0. The first kappa shape index (κ1) is 14.7. The Morgan fingerprint density at radius 3 is 2.56 bits per heavy atom. The molecule has 100 valence electrons. The van der Waals surface area contributed by atoms with Crippen LogP contribution in [0.1, 0.15) is 25.5 Å². The summed E-state index contributed by atoms with van der Waals surface area (Å²) < 4.78 is 0. The number of amides is 1. The average molecular weight is 250 g/mol. The first-order valence-electron chi connectivity index (χ1n) is 6.27. The molecule has 4 heteroatoms. The highest BCUT2D eigenvalue weighted by Crippen LogP contribution is 2.10. The molecular formula is C14H22N2O2. The van der Waals surface area contributed by atoms with Crippen LogP contribution in [-0.2, 0) is 4.79 Å². The number of hydrogen-bond acceptors (Lipinski definition) is 3. The minimum atomic E-state index is -0.589. The van der Waals surface area contributed by atoms with Gasteiger partial charge in [0.25, 0.3) is 0 Å². The molecule has 4 nitrogen and oxygen atoms in total. The lowest BCUT2D eigenvalue weighted by molar-refractivity contribution is -0.131. The van der Waals surface area contributed by atoms with Gasteiger partial charge in [-0.15, -0.1) is 0 Å². The molecule has 0 aliphatic carbocycles. The van der Waals surface area contributed by atoms with E-state index in [9.17, 15) is 9.90 Å². The first-order chi connectivity index (χ1) is 8.56. The summed E-state index contributed by atoms with van der Waals surface area (Å²) >= 11 is 0. The van der Waals surface area contributed by atoms with E-state index in [-0.39, 0.29) is 11.9 Å². The molecule has 1 rings (SSSR count). The van der Waals surface area contributed by atoms with Crippen LogP contribution in [0, 0.1) is 0 Å². The fourth-order valence-corrected chi connectivity index (χ4v) is 1.66. The Morgan fingerprint density at radius 2 is 2.00 bits per heavy atom. The van der Waals surface area contributed by atoms with E-state index < -0.39 is 6.10 Å². The van der Waals surface area contributed by atoms with Gasteiger partial charge in [-0.1, -0.05) is 30.3 Å². The molecule has 1 amide bonds. The van der Waals surface area contributed by atoms with Crippen molar-refractivity contribution < 1.29 is 9.90 Å². The van der Waals surface area contributed by atoms with Crippen molar-refractivity contribution >= 4 is 5.91 Å². The van der Waals surface area contributed by atoms with E-state index in [2.05, 4.69) is 5.32 Å². The number of nitrogens with one attached hydrogen (secondary N) is 1. The highest BCUT2D eigenvalue weighted by molar-refractivity contribution is 5.81. The monoisotopic (exact) mass is 250 g/mol. The summed E-state index contributed by atoms with van der Waals surface area (Å²) in [6.07, 6.45) is -0.589. The molecule has 0 radical (unpaired) electrons. The Kier molecular flexibility index (Phi) is 5.82. The number of rotatable bonds is 6. The summed E-state index contributed by atoms with van der Waals surface area (Å²) in [4.78, 5) is 13.5. The van der Waals surface area contributed by atoms with Gasteiger partial charge in [-0.25, -0.2) is 0 Å². The molecule has 0 saturated heterocycles. The van der Waals surface area contributed by atoms with E-state index in [0.717, 1.165) is 5.56 Å². The Bertz CT molecular complexity index is 367. The quantitative estimate of drug-likeness (QED) is 0.797. The normalized spacial score (nSPS) is 14.0. The maximum Gasteiger partial charge on any atom is 0.239 e. The number of aliphatic hydroxyl groups excluding tert-OH is 1. The van der Waals surface area contributed by atoms with Crippen LogP contribution in [0.3, 0.4) is 0 Å². The van der Waals surface area contributed by atoms with E-state index in [0.29, 0.717) is 13.1 Å². The summed E-state index contributed by atoms with van der Waals surface area (Å²) in [6.45, 7) is 4.80. The Hall–Kier alpha value is -1.39. The van der Waals surface area contributed by atoms with Crippen molar-refractivity contribution in [2.45, 2.75) is 26.0 Å². The minimum absolute atomic E-state index is 0.0396. The smallest absolute Gasteiger partial charge is 0.239 e. The summed E-state index contributed by atoms with van der Waals surface area (Å²) in [6, 6.07) is 9.14. The van der Waals surface area contributed by atoms with Crippen molar-refractivity contribution in [1.29, 1.82) is 0 Å². The van der Waals surface area contributed by atoms with Crippen LogP contribution in [-0.4, -0.2) is 42.1 Å². The van der Waals surface area contributed by atoms with Gasteiger partial charge in [-0.05, 0) is 19.4 Å². The molecule has 0 aliphatic rings. The van der Waals surface area contributed by atoms with Gasteiger partial charge in [0.2, 0.25) is 5.91 Å². The van der Waals surface area contributed by atoms with Crippen LogP contribution in [0.4, 0.5) is 0 Å². The van der Waals surface area contributed by atoms with Crippen LogP contribution in [0.15, 0.2) is 30.3 Å². The molecule has 0 bridgehead atoms. The second kappa shape index (κ2) is 7.13. The van der Waals surface area contributed by atoms with Gasteiger partial charge < -0.3 is 15.3 Å². The third-order valence-electron chi connectivity index (χ3n) is 3.02. The number of benzene rings is 1. The fourth-order valence-electron chi connectivity index (χ4n) is 1.66. The van der Waals surface area contributed by atoms with Crippen LogP contribution in [0.2, 0.25) is 0 Å². The summed E-state index contributed by atoms with van der Waals surface area (Å²) in [5.74, 6) is 0.0396. The molecule has 0 aromatic heterocycles. The summed E-state index contributed by atoms with van der Waals surface area (Å²) in [5.41, 5.74) is 0.855. The topological polar surface area (TPSA) is 52.6 Å². The summed E-state index contributed by atoms with van der Waals surface area (Å²) in [7, 11) is 1.77. The van der Waals surface area contributed by atoms with E-state index in [1.54, 1.807) is 11.9 Å². The van der Waals surface area contributed by atoms with Crippen molar-refractivity contribution in [2.24, 2.45) is 0 Å².